The van der Waals surface area contributed by atoms with Crippen LogP contribution in [0.25, 0.3) is 0 Å². The molecular weight excluding hydrogens is 375 g/mol. The normalized spacial score (nSPS) is 11.8. The topological polar surface area (TPSA) is 17.8 Å². The van der Waals surface area contributed by atoms with Gasteiger partial charge in [0.2, 0.25) is 0 Å². The fraction of sp³-hybridized carbons (Fsp3) is 0.357. The van der Waals surface area contributed by atoms with Crippen LogP contribution in [0.4, 0.5) is 4.39 Å². The summed E-state index contributed by atoms with van der Waals surface area (Å²) in [7, 11) is 1.89. The third-order valence-electron chi connectivity index (χ3n) is 3.26. The molecule has 0 aliphatic heterocycles. The van der Waals surface area contributed by atoms with E-state index in [9.17, 15) is 4.39 Å². The Kier molecular flexibility index (Phi) is 4.79. The van der Waals surface area contributed by atoms with Crippen LogP contribution in [-0.2, 0) is 18.9 Å². The molecule has 0 N–H and O–H groups in total. The van der Waals surface area contributed by atoms with Crippen molar-refractivity contribution < 1.29 is 4.39 Å². The van der Waals surface area contributed by atoms with Gasteiger partial charge in [-0.15, -0.1) is 0 Å². The van der Waals surface area contributed by atoms with Gasteiger partial charge in [-0.25, -0.2) is 4.39 Å². The van der Waals surface area contributed by atoms with Gasteiger partial charge in [0.05, 0.1) is 6.20 Å². The standard InChI is InChI=1S/C14H15Br2FN2/c1-19-8-11(7-18-19)6-14(9-15,10-16)12-4-2-3-5-13(12)17/h2-5,7-8H,6,9-10H2,1H3. The Morgan fingerprint density at radius 3 is 2.47 bits per heavy atom. The summed E-state index contributed by atoms with van der Waals surface area (Å²) in [5.74, 6) is -0.162. The zero-order valence-electron chi connectivity index (χ0n) is 10.6. The van der Waals surface area contributed by atoms with E-state index >= 15 is 0 Å². The molecule has 0 saturated heterocycles. The van der Waals surface area contributed by atoms with E-state index in [0.29, 0.717) is 10.7 Å². The Labute approximate surface area is 129 Å². The molecular formula is C14H15Br2FN2. The molecule has 2 aromatic rings. The zero-order valence-corrected chi connectivity index (χ0v) is 13.8. The minimum Gasteiger partial charge on any atom is -0.276 e. The molecule has 0 radical (unpaired) electrons. The third-order valence-corrected chi connectivity index (χ3v) is 5.40. The fourth-order valence-corrected chi connectivity index (χ4v) is 4.14. The maximum atomic E-state index is 14.1. The minimum absolute atomic E-state index is 0.162. The lowest BCUT2D eigenvalue weighted by Crippen LogP contribution is -2.34. The molecule has 102 valence electrons. The first-order chi connectivity index (χ1) is 9.11. The summed E-state index contributed by atoms with van der Waals surface area (Å²) in [5.41, 5.74) is 1.52. The molecule has 0 amide bonds. The average molecular weight is 390 g/mol. The van der Waals surface area contributed by atoms with Crippen molar-refractivity contribution in [1.29, 1.82) is 0 Å². The second-order valence-electron chi connectivity index (χ2n) is 4.73. The van der Waals surface area contributed by atoms with Gasteiger partial charge >= 0.3 is 0 Å². The van der Waals surface area contributed by atoms with Crippen molar-refractivity contribution in [2.45, 2.75) is 11.8 Å². The number of aryl methyl sites for hydroxylation is 1. The van der Waals surface area contributed by atoms with Crippen molar-refractivity contribution in [3.8, 4) is 0 Å². The van der Waals surface area contributed by atoms with Gasteiger partial charge in [-0.05, 0) is 23.6 Å². The van der Waals surface area contributed by atoms with E-state index in [1.54, 1.807) is 10.7 Å². The van der Waals surface area contributed by atoms with Crippen molar-refractivity contribution in [2.24, 2.45) is 7.05 Å². The number of benzene rings is 1. The first-order valence-corrected chi connectivity index (χ1v) is 8.20. The van der Waals surface area contributed by atoms with Crippen molar-refractivity contribution >= 4 is 31.9 Å². The first-order valence-electron chi connectivity index (χ1n) is 5.96. The predicted octanol–water partition coefficient (Wildman–Crippen LogP) is 3.83. The molecule has 2 rings (SSSR count). The van der Waals surface area contributed by atoms with Crippen LogP contribution in [0.5, 0.6) is 0 Å². The van der Waals surface area contributed by atoms with Gasteiger partial charge in [-0.1, -0.05) is 50.1 Å². The number of hydrogen-bond acceptors (Lipinski definition) is 1. The maximum absolute atomic E-state index is 14.1. The van der Waals surface area contributed by atoms with Crippen LogP contribution in [0, 0.1) is 5.82 Å². The highest BCUT2D eigenvalue weighted by Gasteiger charge is 2.33. The minimum atomic E-state index is -0.311. The summed E-state index contributed by atoms with van der Waals surface area (Å²) >= 11 is 7.09. The Hall–Kier alpha value is -0.680. The van der Waals surface area contributed by atoms with E-state index in [0.717, 1.165) is 17.5 Å². The van der Waals surface area contributed by atoms with Crippen LogP contribution in [0.1, 0.15) is 11.1 Å². The third kappa shape index (κ3) is 3.08. The average Bonchev–Trinajstić information content (AvgIpc) is 2.82. The summed E-state index contributed by atoms with van der Waals surface area (Å²) in [4.78, 5) is 0. The van der Waals surface area contributed by atoms with Crippen molar-refractivity contribution in [3.05, 3.63) is 53.6 Å². The summed E-state index contributed by atoms with van der Waals surface area (Å²) in [5, 5.41) is 5.54. The van der Waals surface area contributed by atoms with Gasteiger partial charge < -0.3 is 0 Å². The van der Waals surface area contributed by atoms with Crippen molar-refractivity contribution in [3.63, 3.8) is 0 Å². The van der Waals surface area contributed by atoms with E-state index in [2.05, 4.69) is 37.0 Å². The van der Waals surface area contributed by atoms with Crippen LogP contribution in [0.15, 0.2) is 36.7 Å². The number of alkyl halides is 2. The summed E-state index contributed by atoms with van der Waals surface area (Å²) in [6.45, 7) is 0. The molecule has 0 aliphatic carbocycles. The van der Waals surface area contributed by atoms with E-state index in [1.807, 2.05) is 31.6 Å². The molecule has 1 aromatic carbocycles. The van der Waals surface area contributed by atoms with Crippen LogP contribution in [0.3, 0.4) is 0 Å². The lowest BCUT2D eigenvalue weighted by Gasteiger charge is -2.30. The Morgan fingerprint density at radius 1 is 1.26 bits per heavy atom. The summed E-state index contributed by atoms with van der Waals surface area (Å²) < 4.78 is 15.9. The van der Waals surface area contributed by atoms with Crippen molar-refractivity contribution in [1.82, 2.24) is 9.78 Å². The van der Waals surface area contributed by atoms with Gasteiger partial charge in [0, 0.05) is 29.3 Å². The molecule has 0 unspecified atom stereocenters. The molecule has 5 heteroatoms. The number of hydrogen-bond donors (Lipinski definition) is 0. The Morgan fingerprint density at radius 2 is 1.95 bits per heavy atom. The largest absolute Gasteiger partial charge is 0.276 e. The molecule has 0 atom stereocenters. The molecule has 1 heterocycles. The second kappa shape index (κ2) is 6.18. The SMILES string of the molecule is Cn1cc(CC(CBr)(CBr)c2ccccc2F)cn1. The van der Waals surface area contributed by atoms with E-state index < -0.39 is 0 Å². The predicted molar refractivity (Wildman–Crippen MR) is 82.6 cm³/mol. The van der Waals surface area contributed by atoms with Crippen LogP contribution in [0.2, 0.25) is 0 Å². The van der Waals surface area contributed by atoms with E-state index in [-0.39, 0.29) is 11.2 Å². The van der Waals surface area contributed by atoms with Crippen LogP contribution in [-0.4, -0.2) is 20.4 Å². The fourth-order valence-electron chi connectivity index (χ4n) is 2.21. The van der Waals surface area contributed by atoms with Gasteiger partial charge in [-0.2, -0.15) is 5.10 Å². The highest BCUT2D eigenvalue weighted by Crippen LogP contribution is 2.34. The molecule has 0 bridgehead atoms. The highest BCUT2D eigenvalue weighted by atomic mass is 79.9. The quantitative estimate of drug-likeness (QED) is 0.710. The summed E-state index contributed by atoms with van der Waals surface area (Å²) in [6.07, 6.45) is 4.54. The lowest BCUT2D eigenvalue weighted by atomic mass is 9.79. The highest BCUT2D eigenvalue weighted by molar-refractivity contribution is 9.09. The van der Waals surface area contributed by atoms with E-state index in [1.165, 1.54) is 6.07 Å². The summed E-state index contributed by atoms with van der Waals surface area (Å²) in [6, 6.07) is 6.96. The Balaban J connectivity index is 2.40. The molecule has 0 saturated carbocycles. The molecule has 19 heavy (non-hydrogen) atoms. The molecule has 1 aromatic heterocycles. The van der Waals surface area contributed by atoms with Gasteiger partial charge in [0.25, 0.3) is 0 Å². The van der Waals surface area contributed by atoms with Crippen LogP contribution >= 0.6 is 31.9 Å². The number of aromatic nitrogens is 2. The molecule has 2 nitrogen and oxygen atoms in total. The van der Waals surface area contributed by atoms with Crippen molar-refractivity contribution in [2.75, 3.05) is 10.7 Å². The number of rotatable bonds is 5. The zero-order chi connectivity index (χ0) is 13.9. The molecule has 0 aliphatic rings. The number of nitrogens with zero attached hydrogens (tertiary/aromatic N) is 2. The molecule has 0 spiro atoms. The lowest BCUT2D eigenvalue weighted by molar-refractivity contribution is 0.501. The van der Waals surface area contributed by atoms with Crippen LogP contribution < -0.4 is 0 Å². The van der Waals surface area contributed by atoms with Gasteiger partial charge in [0.15, 0.2) is 0 Å². The Bertz CT molecular complexity index is 550. The number of halogens is 3. The second-order valence-corrected chi connectivity index (χ2v) is 5.85. The maximum Gasteiger partial charge on any atom is 0.127 e. The van der Waals surface area contributed by atoms with Gasteiger partial charge in [-0.3, -0.25) is 4.68 Å². The monoisotopic (exact) mass is 388 g/mol. The first kappa shape index (κ1) is 14.7. The van der Waals surface area contributed by atoms with Gasteiger partial charge in [0.1, 0.15) is 5.82 Å². The smallest absolute Gasteiger partial charge is 0.127 e. The molecule has 0 fully saturated rings. The van der Waals surface area contributed by atoms with E-state index in [4.69, 9.17) is 0 Å².